The van der Waals surface area contributed by atoms with Crippen LogP contribution in [0.5, 0.6) is 0 Å². The van der Waals surface area contributed by atoms with Gasteiger partial charge in [0.1, 0.15) is 0 Å². The maximum Gasteiger partial charge on any atom is 0.338 e. The Bertz CT molecular complexity index is 1040. The number of carbonyl (C=O) groups excluding carboxylic acids is 3. The van der Waals surface area contributed by atoms with E-state index in [0.29, 0.717) is 30.9 Å². The van der Waals surface area contributed by atoms with Gasteiger partial charge in [-0.15, -0.1) is 11.8 Å². The zero-order valence-electron chi connectivity index (χ0n) is 20.4. The maximum absolute atomic E-state index is 13.8. The number of ether oxygens (including phenoxy) is 2. The Morgan fingerprint density at radius 2 is 1.82 bits per heavy atom. The molecule has 1 aliphatic heterocycles. The van der Waals surface area contributed by atoms with Gasteiger partial charge in [0.15, 0.2) is 6.10 Å². The van der Waals surface area contributed by atoms with Crippen LogP contribution in [-0.2, 0) is 19.1 Å². The van der Waals surface area contributed by atoms with E-state index < -0.39 is 23.3 Å². The number of thioether (sulfide) groups is 1. The zero-order chi connectivity index (χ0) is 24.8. The highest BCUT2D eigenvalue weighted by molar-refractivity contribution is 7.99. The number of anilines is 1. The van der Waals surface area contributed by atoms with Crippen molar-refractivity contribution in [2.45, 2.75) is 43.4 Å². The molecule has 3 rings (SSSR count). The predicted octanol–water partition coefficient (Wildman–Crippen LogP) is 4.24. The summed E-state index contributed by atoms with van der Waals surface area (Å²) in [5.74, 6) is -1.20. The topological polar surface area (TPSA) is 76.1 Å². The summed E-state index contributed by atoms with van der Waals surface area (Å²) in [5.41, 5.74) is 3.07. The number of aryl methyl sites for hydroxylation is 1. The van der Waals surface area contributed by atoms with Crippen LogP contribution in [0.15, 0.2) is 47.4 Å². The third kappa shape index (κ3) is 6.18. The van der Waals surface area contributed by atoms with Crippen LogP contribution in [-0.4, -0.2) is 62.6 Å². The Hall–Kier alpha value is -2.84. The van der Waals surface area contributed by atoms with Gasteiger partial charge in [0.25, 0.3) is 5.91 Å². The van der Waals surface area contributed by atoms with Crippen LogP contribution in [0.2, 0.25) is 0 Å². The molecule has 7 nitrogen and oxygen atoms in total. The summed E-state index contributed by atoms with van der Waals surface area (Å²) in [6, 6.07) is 13.1. The second-order valence-electron chi connectivity index (χ2n) is 8.59. The lowest BCUT2D eigenvalue weighted by atomic mass is 10.0. The first-order valence-corrected chi connectivity index (χ1v) is 12.3. The molecule has 0 radical (unpaired) electrons. The van der Waals surface area contributed by atoms with Crippen molar-refractivity contribution >= 4 is 35.3 Å². The predicted molar refractivity (Wildman–Crippen MR) is 133 cm³/mol. The maximum atomic E-state index is 13.8. The first-order valence-electron chi connectivity index (χ1n) is 11.4. The van der Waals surface area contributed by atoms with Crippen LogP contribution in [0.4, 0.5) is 5.69 Å². The highest BCUT2D eigenvalue weighted by atomic mass is 32.2. The fourth-order valence-corrected chi connectivity index (χ4v) is 5.01. The summed E-state index contributed by atoms with van der Waals surface area (Å²) in [7, 11) is 3.87. The van der Waals surface area contributed by atoms with Crippen LogP contribution < -0.4 is 4.90 Å². The summed E-state index contributed by atoms with van der Waals surface area (Å²) in [4.78, 5) is 42.8. The van der Waals surface area contributed by atoms with E-state index in [4.69, 9.17) is 9.47 Å². The number of benzene rings is 2. The van der Waals surface area contributed by atoms with Crippen LogP contribution in [0, 0.1) is 6.92 Å². The van der Waals surface area contributed by atoms with Crippen LogP contribution in [0.1, 0.15) is 47.0 Å². The fourth-order valence-electron chi connectivity index (χ4n) is 3.66. The summed E-state index contributed by atoms with van der Waals surface area (Å²) in [6.07, 6.45) is -0.270. The van der Waals surface area contributed by atoms with Gasteiger partial charge < -0.3 is 19.3 Å². The molecule has 0 spiro atoms. The van der Waals surface area contributed by atoms with E-state index in [9.17, 15) is 14.4 Å². The molecule has 0 saturated carbocycles. The average molecular weight is 485 g/mol. The summed E-state index contributed by atoms with van der Waals surface area (Å²) < 4.78 is 10.9. The number of hydrogen-bond donors (Lipinski definition) is 0. The molecular formula is C26H32N2O5S. The zero-order valence-corrected chi connectivity index (χ0v) is 21.2. The van der Waals surface area contributed by atoms with E-state index >= 15 is 0 Å². The second-order valence-corrected chi connectivity index (χ2v) is 9.77. The third-order valence-corrected chi connectivity index (χ3v) is 6.79. The Morgan fingerprint density at radius 3 is 2.44 bits per heavy atom. The van der Waals surface area contributed by atoms with Crippen molar-refractivity contribution in [3.63, 3.8) is 0 Å². The van der Waals surface area contributed by atoms with Crippen molar-refractivity contribution < 1.29 is 23.9 Å². The Labute approximate surface area is 205 Å². The molecule has 2 atom stereocenters. The summed E-state index contributed by atoms with van der Waals surface area (Å²) in [5, 5.41) is -0.470. The van der Waals surface area contributed by atoms with Crippen molar-refractivity contribution in [2.24, 2.45) is 0 Å². The first-order chi connectivity index (χ1) is 16.2. The van der Waals surface area contributed by atoms with Gasteiger partial charge in [-0.05, 0) is 51.2 Å². The lowest BCUT2D eigenvalue weighted by Crippen LogP contribution is -2.45. The van der Waals surface area contributed by atoms with E-state index in [1.807, 2.05) is 57.1 Å². The minimum atomic E-state index is -1.00. The van der Waals surface area contributed by atoms with Crippen LogP contribution in [0.25, 0.3) is 0 Å². The largest absolute Gasteiger partial charge is 0.462 e. The first kappa shape index (κ1) is 25.8. The second kappa shape index (κ2) is 11.5. The smallest absolute Gasteiger partial charge is 0.338 e. The molecule has 0 bridgehead atoms. The number of amides is 1. The lowest BCUT2D eigenvalue weighted by Gasteiger charge is -2.28. The molecule has 0 N–H and O–H groups in total. The van der Waals surface area contributed by atoms with Crippen LogP contribution in [0.3, 0.4) is 0 Å². The molecule has 0 aliphatic carbocycles. The van der Waals surface area contributed by atoms with Crippen molar-refractivity contribution in [1.29, 1.82) is 0 Å². The summed E-state index contributed by atoms with van der Waals surface area (Å²) in [6.45, 7) is 6.63. The van der Waals surface area contributed by atoms with E-state index in [1.165, 1.54) is 18.7 Å². The SMILES string of the molecule is CCCOC(=O)c1ccc2c(c1)S[C@@H](c1ccc(C)cc1)[C@@H](OC(C)=O)C(=O)N2CCN(C)C. The average Bonchev–Trinajstić information content (AvgIpc) is 2.90. The van der Waals surface area contributed by atoms with E-state index in [1.54, 1.807) is 23.1 Å². The molecule has 0 unspecified atom stereocenters. The highest BCUT2D eigenvalue weighted by Crippen LogP contribution is 2.47. The lowest BCUT2D eigenvalue weighted by molar-refractivity contribution is -0.152. The molecule has 34 heavy (non-hydrogen) atoms. The van der Waals surface area contributed by atoms with Gasteiger partial charge in [-0.3, -0.25) is 9.59 Å². The monoisotopic (exact) mass is 484 g/mol. The number of rotatable bonds is 8. The summed E-state index contributed by atoms with van der Waals surface area (Å²) >= 11 is 1.42. The van der Waals surface area contributed by atoms with Crippen molar-refractivity contribution in [3.05, 3.63) is 59.2 Å². The number of likely N-dealkylation sites (N-methyl/N-ethyl adjacent to an activating group) is 1. The molecule has 1 aliphatic rings. The molecule has 2 aromatic rings. The van der Waals surface area contributed by atoms with Gasteiger partial charge in [0.05, 0.1) is 23.1 Å². The molecule has 1 heterocycles. The molecule has 2 aromatic carbocycles. The minimum absolute atomic E-state index is 0.282. The number of nitrogens with zero attached hydrogens (tertiary/aromatic N) is 2. The van der Waals surface area contributed by atoms with Gasteiger partial charge in [0.2, 0.25) is 0 Å². The normalized spacial score (nSPS) is 17.8. The number of hydrogen-bond acceptors (Lipinski definition) is 7. The van der Waals surface area contributed by atoms with E-state index in [0.717, 1.165) is 22.4 Å². The Kier molecular flexibility index (Phi) is 8.74. The quantitative estimate of drug-likeness (QED) is 0.519. The molecule has 182 valence electrons. The van der Waals surface area contributed by atoms with Crippen molar-refractivity contribution in [2.75, 3.05) is 38.7 Å². The molecule has 0 fully saturated rings. The standard InChI is InChI=1S/C26H32N2O5S/c1-6-15-32-26(31)20-11-12-21-22(16-20)34-24(19-9-7-17(2)8-10-19)23(33-18(3)29)25(30)28(21)14-13-27(4)5/h7-12,16,23-24H,6,13-15H2,1-5H3/t23-,24+/m1/s1. The van der Waals surface area contributed by atoms with Gasteiger partial charge in [-0.1, -0.05) is 36.8 Å². The molecule has 8 heteroatoms. The Balaban J connectivity index is 2.11. The number of fused-ring (bicyclic) bond motifs is 1. The van der Waals surface area contributed by atoms with E-state index in [-0.39, 0.29) is 5.91 Å². The van der Waals surface area contributed by atoms with Gasteiger partial charge in [0, 0.05) is 24.9 Å². The minimum Gasteiger partial charge on any atom is -0.462 e. The van der Waals surface area contributed by atoms with Gasteiger partial charge >= 0.3 is 11.9 Å². The van der Waals surface area contributed by atoms with Crippen molar-refractivity contribution in [1.82, 2.24) is 4.90 Å². The molecule has 0 aromatic heterocycles. The van der Waals surface area contributed by atoms with E-state index in [2.05, 4.69) is 0 Å². The third-order valence-electron chi connectivity index (χ3n) is 5.43. The van der Waals surface area contributed by atoms with Crippen LogP contribution >= 0.6 is 11.8 Å². The molecule has 0 saturated heterocycles. The molecular weight excluding hydrogens is 452 g/mol. The number of esters is 2. The molecule has 1 amide bonds. The highest BCUT2D eigenvalue weighted by Gasteiger charge is 2.41. The van der Waals surface area contributed by atoms with Gasteiger partial charge in [-0.25, -0.2) is 4.79 Å². The van der Waals surface area contributed by atoms with Crippen molar-refractivity contribution in [3.8, 4) is 0 Å². The fraction of sp³-hybridized carbons (Fsp3) is 0.423. The number of carbonyl (C=O) groups is 3. The Morgan fingerprint density at radius 1 is 1.12 bits per heavy atom. The van der Waals surface area contributed by atoms with Gasteiger partial charge in [-0.2, -0.15) is 0 Å².